The molecule has 180 valence electrons. The Hall–Kier alpha value is -4.12. The summed E-state index contributed by atoms with van der Waals surface area (Å²) in [4.78, 5) is 2.68. The molecule has 4 heterocycles. The highest BCUT2D eigenvalue weighted by Gasteiger charge is 2.66. The van der Waals surface area contributed by atoms with Crippen LogP contribution in [0.1, 0.15) is 33.4 Å². The number of hydrogen-bond donors (Lipinski definition) is 0. The largest absolute Gasteiger partial charge is 0.457 e. The molecular weight excluding hydrogens is 505 g/mol. The number of benzene rings is 4. The highest BCUT2D eigenvalue weighted by molar-refractivity contribution is 7.20. The summed E-state index contributed by atoms with van der Waals surface area (Å²) >= 11 is 3.68. The van der Waals surface area contributed by atoms with Crippen LogP contribution in [0.25, 0.3) is 9.75 Å². The lowest BCUT2D eigenvalue weighted by Crippen LogP contribution is -2.56. The van der Waals surface area contributed by atoms with Crippen molar-refractivity contribution in [2.75, 3.05) is 0 Å². The minimum absolute atomic E-state index is 0.585. The monoisotopic (exact) mass is 524 g/mol. The van der Waals surface area contributed by atoms with Crippen molar-refractivity contribution in [3.63, 3.8) is 0 Å². The zero-order chi connectivity index (χ0) is 24.9. The van der Waals surface area contributed by atoms with Gasteiger partial charge < -0.3 is 9.47 Å². The summed E-state index contributed by atoms with van der Waals surface area (Å²) in [6, 6.07) is 39.2. The minimum Gasteiger partial charge on any atom is -0.457 e. The van der Waals surface area contributed by atoms with Crippen molar-refractivity contribution in [3.8, 4) is 32.8 Å². The fraction of sp³-hybridized carbons (Fsp3) is 0.0588. The van der Waals surface area contributed by atoms with Crippen LogP contribution in [0.3, 0.4) is 0 Å². The smallest absolute Gasteiger partial charge is 0.131 e. The second kappa shape index (κ2) is 7.25. The standard InChI is InChI=1S/C34H20O2S2/c1-5-13-27-21(9-1)33(22-10-2-6-14-28(22)35-27)25-17-19-37-31(25)32-26(18-20-38-32)34(33)23-11-3-7-15-29(23)36-30-16-8-4-12-24(30)34/h1-20H. The normalized spacial score (nSPS) is 16.2. The predicted molar refractivity (Wildman–Crippen MR) is 153 cm³/mol. The molecule has 0 radical (unpaired) electrons. The molecule has 38 heavy (non-hydrogen) atoms. The van der Waals surface area contributed by atoms with E-state index in [1.165, 1.54) is 43.1 Å². The third kappa shape index (κ3) is 2.23. The Kier molecular flexibility index (Phi) is 3.99. The Morgan fingerprint density at radius 1 is 0.368 bits per heavy atom. The average Bonchev–Trinajstić information content (AvgIpc) is 3.65. The number of fused-ring (bicyclic) bond motifs is 14. The maximum absolute atomic E-state index is 6.65. The number of ether oxygens (including phenoxy) is 2. The first-order valence-electron chi connectivity index (χ1n) is 12.7. The molecule has 0 N–H and O–H groups in total. The van der Waals surface area contributed by atoms with Crippen LogP contribution in [0.5, 0.6) is 23.0 Å². The Morgan fingerprint density at radius 3 is 1.03 bits per heavy atom. The second-order valence-corrected chi connectivity index (χ2v) is 11.8. The summed E-state index contributed by atoms with van der Waals surface area (Å²) in [7, 11) is 0. The van der Waals surface area contributed by atoms with E-state index < -0.39 is 10.8 Å². The number of hydrogen-bond acceptors (Lipinski definition) is 4. The molecular formula is C34H20O2S2. The fourth-order valence-corrected chi connectivity index (χ4v) is 9.44. The molecule has 4 aromatic carbocycles. The minimum atomic E-state index is -0.585. The van der Waals surface area contributed by atoms with Gasteiger partial charge in [0.15, 0.2) is 0 Å². The van der Waals surface area contributed by atoms with Crippen LogP contribution >= 0.6 is 22.7 Å². The van der Waals surface area contributed by atoms with Gasteiger partial charge in [-0.1, -0.05) is 72.8 Å². The molecule has 2 aliphatic heterocycles. The van der Waals surface area contributed by atoms with Gasteiger partial charge >= 0.3 is 0 Å². The lowest BCUT2D eigenvalue weighted by molar-refractivity contribution is 0.320. The van der Waals surface area contributed by atoms with E-state index in [4.69, 9.17) is 9.47 Å². The summed E-state index contributed by atoms with van der Waals surface area (Å²) in [5, 5.41) is 4.51. The van der Waals surface area contributed by atoms with E-state index in [0.717, 1.165) is 23.0 Å². The maximum Gasteiger partial charge on any atom is 0.131 e. The Morgan fingerprint density at radius 2 is 0.684 bits per heavy atom. The van der Waals surface area contributed by atoms with Crippen molar-refractivity contribution in [1.82, 2.24) is 0 Å². The van der Waals surface area contributed by atoms with Gasteiger partial charge in [-0.3, -0.25) is 0 Å². The van der Waals surface area contributed by atoms with E-state index in [1.54, 1.807) is 0 Å². The molecule has 9 rings (SSSR count). The zero-order valence-corrected chi connectivity index (χ0v) is 21.8. The first-order chi connectivity index (χ1) is 18.8. The Bertz CT molecular complexity index is 1680. The first kappa shape index (κ1) is 20.9. The second-order valence-electron chi connectivity index (χ2n) is 10.0. The van der Waals surface area contributed by atoms with Crippen LogP contribution in [-0.4, -0.2) is 0 Å². The van der Waals surface area contributed by atoms with E-state index in [2.05, 4.69) is 120 Å². The highest BCUT2D eigenvalue weighted by Crippen LogP contribution is 2.73. The SMILES string of the molecule is c1ccc2c(c1)Oc1ccccc1C21c2ccsc2-c2sccc2C12c1ccccc1Oc1ccccc12. The Labute approximate surface area is 228 Å². The summed E-state index contributed by atoms with van der Waals surface area (Å²) in [6.07, 6.45) is 0. The number of thiophene rings is 2. The van der Waals surface area contributed by atoms with Crippen LogP contribution in [0.2, 0.25) is 0 Å². The van der Waals surface area contributed by atoms with Crippen LogP contribution in [0.15, 0.2) is 120 Å². The van der Waals surface area contributed by atoms with Gasteiger partial charge in [-0.25, -0.2) is 0 Å². The lowest BCUT2D eigenvalue weighted by Gasteiger charge is -2.58. The molecule has 2 aromatic heterocycles. The van der Waals surface area contributed by atoms with Gasteiger partial charge in [0, 0.05) is 32.0 Å². The Balaban J connectivity index is 1.62. The predicted octanol–water partition coefficient (Wildman–Crippen LogP) is 9.37. The van der Waals surface area contributed by atoms with Gasteiger partial charge in [-0.05, 0) is 58.3 Å². The third-order valence-corrected chi connectivity index (χ3v) is 10.5. The van der Waals surface area contributed by atoms with Gasteiger partial charge in [0.2, 0.25) is 0 Å². The maximum atomic E-state index is 6.65. The molecule has 0 saturated carbocycles. The van der Waals surface area contributed by atoms with Crippen LogP contribution in [0.4, 0.5) is 0 Å². The summed E-state index contributed by atoms with van der Waals surface area (Å²) < 4.78 is 13.3. The van der Waals surface area contributed by atoms with E-state index in [1.807, 2.05) is 22.7 Å². The molecule has 2 nitrogen and oxygen atoms in total. The lowest BCUT2D eigenvalue weighted by atomic mass is 9.44. The van der Waals surface area contributed by atoms with Crippen LogP contribution < -0.4 is 9.47 Å². The molecule has 0 bridgehead atoms. The van der Waals surface area contributed by atoms with E-state index in [-0.39, 0.29) is 0 Å². The molecule has 6 aromatic rings. The van der Waals surface area contributed by atoms with Crippen molar-refractivity contribution in [2.45, 2.75) is 10.8 Å². The number of para-hydroxylation sites is 4. The summed E-state index contributed by atoms with van der Waals surface area (Å²) in [5.41, 5.74) is 6.21. The molecule has 0 atom stereocenters. The van der Waals surface area contributed by atoms with Crippen molar-refractivity contribution in [2.24, 2.45) is 0 Å². The molecule has 0 unspecified atom stereocenters. The summed E-state index contributed by atoms with van der Waals surface area (Å²) in [6.45, 7) is 0. The van der Waals surface area contributed by atoms with Gasteiger partial charge in [0.25, 0.3) is 0 Å². The van der Waals surface area contributed by atoms with E-state index >= 15 is 0 Å². The molecule has 4 heteroatoms. The van der Waals surface area contributed by atoms with Crippen LogP contribution in [-0.2, 0) is 10.8 Å². The molecule has 1 aliphatic carbocycles. The van der Waals surface area contributed by atoms with Gasteiger partial charge in [0.1, 0.15) is 23.0 Å². The van der Waals surface area contributed by atoms with E-state index in [0.29, 0.717) is 0 Å². The molecule has 0 amide bonds. The van der Waals surface area contributed by atoms with E-state index in [9.17, 15) is 0 Å². The van der Waals surface area contributed by atoms with Crippen molar-refractivity contribution < 1.29 is 9.47 Å². The average molecular weight is 525 g/mol. The zero-order valence-electron chi connectivity index (χ0n) is 20.2. The van der Waals surface area contributed by atoms with Gasteiger partial charge in [-0.2, -0.15) is 0 Å². The topological polar surface area (TPSA) is 18.5 Å². The highest BCUT2D eigenvalue weighted by atomic mass is 32.1. The first-order valence-corrected chi connectivity index (χ1v) is 14.5. The van der Waals surface area contributed by atoms with Crippen LogP contribution in [0, 0.1) is 0 Å². The van der Waals surface area contributed by atoms with Crippen molar-refractivity contribution in [1.29, 1.82) is 0 Å². The quantitative estimate of drug-likeness (QED) is 0.197. The molecule has 0 saturated heterocycles. The third-order valence-electron chi connectivity index (χ3n) is 8.51. The van der Waals surface area contributed by atoms with Gasteiger partial charge in [-0.15, -0.1) is 22.7 Å². The van der Waals surface area contributed by atoms with Crippen molar-refractivity contribution in [3.05, 3.63) is 153 Å². The van der Waals surface area contributed by atoms with Gasteiger partial charge in [0.05, 0.1) is 10.8 Å². The molecule has 2 spiro atoms. The summed E-state index contributed by atoms with van der Waals surface area (Å²) in [5.74, 6) is 3.62. The molecule has 3 aliphatic rings. The molecule has 0 fully saturated rings. The number of rotatable bonds is 0. The van der Waals surface area contributed by atoms with Crippen molar-refractivity contribution >= 4 is 22.7 Å². The fourth-order valence-electron chi connectivity index (χ4n) is 7.34.